The second kappa shape index (κ2) is 5.24. The normalized spacial score (nSPS) is 19.2. The monoisotopic (exact) mass is 204 g/mol. The summed E-state index contributed by atoms with van der Waals surface area (Å²) in [5.74, 6) is 2.13. The summed E-state index contributed by atoms with van der Waals surface area (Å²) in [6.07, 6.45) is 2.38. The summed E-state index contributed by atoms with van der Waals surface area (Å²) in [5.41, 5.74) is 0. The first-order chi connectivity index (χ1) is 5.77. The molecule has 0 aromatic heterocycles. The van der Waals surface area contributed by atoms with Gasteiger partial charge in [-0.1, -0.05) is 34.6 Å². The fraction of sp³-hybridized carbons (Fsp3) is 1.00. The van der Waals surface area contributed by atoms with Crippen LogP contribution < -0.4 is 0 Å². The van der Waals surface area contributed by atoms with Crippen molar-refractivity contribution in [1.29, 1.82) is 0 Å². The summed E-state index contributed by atoms with van der Waals surface area (Å²) in [6, 6.07) is 0. The van der Waals surface area contributed by atoms with Crippen molar-refractivity contribution < 1.29 is 0 Å². The summed E-state index contributed by atoms with van der Waals surface area (Å²) in [4.78, 5) is -0.0108. The highest BCUT2D eigenvalue weighted by Crippen LogP contribution is 2.32. The van der Waals surface area contributed by atoms with Crippen LogP contribution in [0.5, 0.6) is 0 Å². The summed E-state index contributed by atoms with van der Waals surface area (Å²) in [6.45, 7) is 13.4. The first-order valence-electron chi connectivity index (χ1n) is 5.46. The lowest BCUT2D eigenvalue weighted by atomic mass is 9.85. The van der Waals surface area contributed by atoms with Crippen molar-refractivity contribution in [3.8, 4) is 0 Å². The van der Waals surface area contributed by atoms with E-state index in [9.17, 15) is 0 Å². The van der Waals surface area contributed by atoms with Crippen LogP contribution in [0, 0.1) is 17.8 Å². The minimum Gasteiger partial charge on any atom is -0.119 e. The number of hydrogen-bond acceptors (Lipinski definition) is 0. The Balaban J connectivity index is 3.88. The third-order valence-electron chi connectivity index (χ3n) is 3.43. The van der Waals surface area contributed by atoms with Crippen LogP contribution in [-0.4, -0.2) is 4.87 Å². The molecule has 0 radical (unpaired) electrons. The molecule has 0 aliphatic carbocycles. The standard InChI is InChI=1S/C12H25Cl/c1-9(2)11(5)7-8-12(6,13)10(3)4/h9-11H,7-8H2,1-6H3. The Hall–Kier alpha value is 0.290. The summed E-state index contributed by atoms with van der Waals surface area (Å²) in [7, 11) is 0. The minimum absolute atomic E-state index is 0.0108. The van der Waals surface area contributed by atoms with Crippen molar-refractivity contribution in [2.45, 2.75) is 59.3 Å². The van der Waals surface area contributed by atoms with Crippen LogP contribution in [0.3, 0.4) is 0 Å². The predicted molar refractivity (Wildman–Crippen MR) is 62.3 cm³/mol. The molecular formula is C12H25Cl. The number of hydrogen-bond donors (Lipinski definition) is 0. The fourth-order valence-corrected chi connectivity index (χ4v) is 1.24. The van der Waals surface area contributed by atoms with Crippen molar-refractivity contribution in [2.24, 2.45) is 17.8 Å². The highest BCUT2D eigenvalue weighted by Gasteiger charge is 2.25. The third-order valence-corrected chi connectivity index (χ3v) is 4.06. The Morgan fingerprint density at radius 2 is 1.54 bits per heavy atom. The van der Waals surface area contributed by atoms with E-state index in [1.54, 1.807) is 0 Å². The van der Waals surface area contributed by atoms with Crippen LogP contribution >= 0.6 is 11.6 Å². The lowest BCUT2D eigenvalue weighted by molar-refractivity contribution is 0.330. The number of alkyl halides is 1. The Morgan fingerprint density at radius 1 is 1.08 bits per heavy atom. The molecule has 0 nitrogen and oxygen atoms in total. The lowest BCUT2D eigenvalue weighted by Gasteiger charge is -2.28. The smallest absolute Gasteiger partial charge is 0.0441 e. The van der Waals surface area contributed by atoms with Gasteiger partial charge in [0, 0.05) is 4.87 Å². The van der Waals surface area contributed by atoms with Gasteiger partial charge in [0.1, 0.15) is 0 Å². The van der Waals surface area contributed by atoms with Gasteiger partial charge in [-0.15, -0.1) is 11.6 Å². The first kappa shape index (κ1) is 13.3. The molecule has 2 unspecified atom stereocenters. The summed E-state index contributed by atoms with van der Waals surface area (Å²) < 4.78 is 0. The Morgan fingerprint density at radius 3 is 1.85 bits per heavy atom. The topological polar surface area (TPSA) is 0 Å². The Bertz CT molecular complexity index is 136. The zero-order valence-electron chi connectivity index (χ0n) is 10.0. The van der Waals surface area contributed by atoms with Crippen molar-refractivity contribution >= 4 is 11.6 Å². The molecule has 13 heavy (non-hydrogen) atoms. The quantitative estimate of drug-likeness (QED) is 0.569. The molecule has 0 aliphatic rings. The molecule has 0 bridgehead atoms. The largest absolute Gasteiger partial charge is 0.119 e. The highest BCUT2D eigenvalue weighted by molar-refractivity contribution is 6.23. The average Bonchev–Trinajstić information content (AvgIpc) is 1.99. The van der Waals surface area contributed by atoms with E-state index in [1.807, 2.05) is 0 Å². The maximum absolute atomic E-state index is 6.42. The molecule has 0 aliphatic heterocycles. The summed E-state index contributed by atoms with van der Waals surface area (Å²) in [5, 5.41) is 0. The molecule has 0 fully saturated rings. The molecule has 0 amide bonds. The van der Waals surface area contributed by atoms with Crippen LogP contribution in [0.4, 0.5) is 0 Å². The van der Waals surface area contributed by atoms with Crippen LogP contribution in [-0.2, 0) is 0 Å². The van der Waals surface area contributed by atoms with Gasteiger partial charge in [0.2, 0.25) is 0 Å². The Kier molecular flexibility index (Phi) is 5.36. The molecular weight excluding hydrogens is 180 g/mol. The van der Waals surface area contributed by atoms with Gasteiger partial charge in [0.25, 0.3) is 0 Å². The van der Waals surface area contributed by atoms with Crippen molar-refractivity contribution in [3.63, 3.8) is 0 Å². The minimum atomic E-state index is -0.0108. The van der Waals surface area contributed by atoms with Gasteiger partial charge in [-0.2, -0.15) is 0 Å². The van der Waals surface area contributed by atoms with Crippen LogP contribution in [0.15, 0.2) is 0 Å². The van der Waals surface area contributed by atoms with Gasteiger partial charge >= 0.3 is 0 Å². The first-order valence-corrected chi connectivity index (χ1v) is 5.84. The van der Waals surface area contributed by atoms with E-state index < -0.39 is 0 Å². The van der Waals surface area contributed by atoms with Crippen molar-refractivity contribution in [3.05, 3.63) is 0 Å². The molecule has 0 saturated carbocycles. The molecule has 0 saturated heterocycles. The predicted octanol–water partition coefficient (Wildman–Crippen LogP) is 4.71. The van der Waals surface area contributed by atoms with Gasteiger partial charge in [-0.3, -0.25) is 0 Å². The molecule has 0 N–H and O–H groups in total. The molecule has 1 heteroatoms. The van der Waals surface area contributed by atoms with E-state index >= 15 is 0 Å². The molecule has 0 aromatic rings. The fourth-order valence-electron chi connectivity index (χ4n) is 1.13. The molecule has 0 aromatic carbocycles. The SMILES string of the molecule is CC(C)C(C)CCC(C)(Cl)C(C)C. The molecule has 2 atom stereocenters. The van der Waals surface area contributed by atoms with E-state index in [2.05, 4.69) is 41.5 Å². The Labute approximate surface area is 89.1 Å². The van der Waals surface area contributed by atoms with E-state index in [0.717, 1.165) is 18.3 Å². The zero-order chi connectivity index (χ0) is 10.6. The number of halogens is 1. The van der Waals surface area contributed by atoms with E-state index in [0.29, 0.717) is 5.92 Å². The highest BCUT2D eigenvalue weighted by atomic mass is 35.5. The third kappa shape index (κ3) is 4.90. The second-order valence-corrected chi connectivity index (χ2v) is 6.06. The average molecular weight is 205 g/mol. The van der Waals surface area contributed by atoms with Crippen LogP contribution in [0.2, 0.25) is 0 Å². The maximum atomic E-state index is 6.42. The van der Waals surface area contributed by atoms with Gasteiger partial charge in [-0.25, -0.2) is 0 Å². The lowest BCUT2D eigenvalue weighted by Crippen LogP contribution is -2.25. The number of rotatable bonds is 5. The van der Waals surface area contributed by atoms with E-state index in [4.69, 9.17) is 11.6 Å². The van der Waals surface area contributed by atoms with Crippen LogP contribution in [0.25, 0.3) is 0 Å². The molecule has 0 spiro atoms. The van der Waals surface area contributed by atoms with Crippen molar-refractivity contribution in [1.82, 2.24) is 0 Å². The van der Waals surface area contributed by atoms with Gasteiger partial charge in [0.05, 0.1) is 0 Å². The van der Waals surface area contributed by atoms with Crippen molar-refractivity contribution in [2.75, 3.05) is 0 Å². The second-order valence-electron chi connectivity index (χ2n) is 5.19. The zero-order valence-corrected chi connectivity index (χ0v) is 10.8. The summed E-state index contributed by atoms with van der Waals surface area (Å²) >= 11 is 6.42. The molecule has 80 valence electrons. The molecule has 0 heterocycles. The van der Waals surface area contributed by atoms with Gasteiger partial charge in [-0.05, 0) is 37.5 Å². The molecule has 0 rings (SSSR count). The van der Waals surface area contributed by atoms with E-state index in [1.165, 1.54) is 6.42 Å². The van der Waals surface area contributed by atoms with E-state index in [-0.39, 0.29) is 4.87 Å². The van der Waals surface area contributed by atoms with Gasteiger partial charge in [0.15, 0.2) is 0 Å². The van der Waals surface area contributed by atoms with Crippen LogP contribution in [0.1, 0.15) is 54.4 Å². The maximum Gasteiger partial charge on any atom is 0.0441 e. The van der Waals surface area contributed by atoms with Gasteiger partial charge < -0.3 is 0 Å².